The first-order valence-corrected chi connectivity index (χ1v) is 12.4. The molecule has 0 spiro atoms. The molecule has 4 aromatic rings. The lowest BCUT2D eigenvalue weighted by atomic mass is 10.2. The summed E-state index contributed by atoms with van der Waals surface area (Å²) in [5.74, 6) is 1.31. The zero-order chi connectivity index (χ0) is 22.9. The van der Waals surface area contributed by atoms with Gasteiger partial charge in [-0.3, -0.25) is 4.57 Å². The van der Waals surface area contributed by atoms with E-state index < -0.39 is 9.84 Å². The first kappa shape index (κ1) is 22.4. The molecule has 1 heterocycles. The Morgan fingerprint density at radius 1 is 0.906 bits per heavy atom. The Hall–Kier alpha value is -2.80. The summed E-state index contributed by atoms with van der Waals surface area (Å²) in [5.41, 5.74) is 3.19. The highest BCUT2D eigenvalue weighted by Gasteiger charge is 2.19. The zero-order valence-electron chi connectivity index (χ0n) is 17.4. The van der Waals surface area contributed by atoms with Gasteiger partial charge in [0.05, 0.1) is 4.90 Å². The molecule has 5 nitrogen and oxygen atoms in total. The maximum atomic E-state index is 11.8. The van der Waals surface area contributed by atoms with E-state index in [0.29, 0.717) is 33.1 Å². The second-order valence-corrected chi connectivity index (χ2v) is 10.2. The first-order chi connectivity index (χ1) is 15.2. The summed E-state index contributed by atoms with van der Waals surface area (Å²) in [7, 11) is -3.31. The highest BCUT2D eigenvalue weighted by atomic mass is 35.5. The molecule has 32 heavy (non-hydrogen) atoms. The van der Waals surface area contributed by atoms with Gasteiger partial charge in [0.25, 0.3) is 0 Å². The Morgan fingerprint density at radius 3 is 2.12 bits per heavy atom. The molecule has 0 radical (unpaired) electrons. The molecule has 0 atom stereocenters. The van der Waals surface area contributed by atoms with E-state index >= 15 is 0 Å². The average molecular weight is 487 g/mol. The van der Waals surface area contributed by atoms with E-state index in [-0.39, 0.29) is 11.5 Å². The Morgan fingerprint density at radius 2 is 1.53 bits per heavy atom. The van der Waals surface area contributed by atoms with Gasteiger partial charge in [-0.15, -0.1) is 0 Å². The molecule has 0 bridgehead atoms. The van der Waals surface area contributed by atoms with Crippen molar-refractivity contribution >= 4 is 33.0 Å². The van der Waals surface area contributed by atoms with Crippen LogP contribution in [-0.2, 0) is 16.4 Å². The molecule has 164 valence electrons. The van der Waals surface area contributed by atoms with Crippen LogP contribution in [0.15, 0.2) is 77.7 Å². The molecule has 0 unspecified atom stereocenters. The molecule has 3 aromatic carbocycles. The van der Waals surface area contributed by atoms with Gasteiger partial charge in [0.1, 0.15) is 29.0 Å². The van der Waals surface area contributed by atoms with Gasteiger partial charge in [-0.1, -0.05) is 40.9 Å². The maximum Gasteiger partial charge on any atom is 0.175 e. The number of benzene rings is 3. The van der Waals surface area contributed by atoms with Crippen molar-refractivity contribution in [2.45, 2.75) is 18.4 Å². The lowest BCUT2D eigenvalue weighted by Crippen LogP contribution is -2.01. The maximum absolute atomic E-state index is 11.8. The fourth-order valence-corrected chi connectivity index (χ4v) is 4.23. The molecule has 0 fully saturated rings. The number of hydrogen-bond donors (Lipinski definition) is 0. The summed E-state index contributed by atoms with van der Waals surface area (Å²) < 4.78 is 31.3. The quantitative estimate of drug-likeness (QED) is 0.328. The van der Waals surface area contributed by atoms with E-state index in [9.17, 15) is 8.42 Å². The van der Waals surface area contributed by atoms with Crippen LogP contribution in [0.4, 0.5) is 0 Å². The Bertz CT molecular complexity index is 1350. The highest BCUT2D eigenvalue weighted by molar-refractivity contribution is 7.90. The number of ether oxygens (including phenoxy) is 1. The fourth-order valence-electron chi connectivity index (χ4n) is 3.19. The average Bonchev–Trinajstić information content (AvgIpc) is 3.09. The van der Waals surface area contributed by atoms with Crippen LogP contribution in [0.5, 0.6) is 5.75 Å². The molecular formula is C24H20Cl2N2O3S. The minimum atomic E-state index is -3.31. The lowest BCUT2D eigenvalue weighted by molar-refractivity contribution is 0.302. The van der Waals surface area contributed by atoms with Gasteiger partial charge >= 0.3 is 0 Å². The highest BCUT2D eigenvalue weighted by Crippen LogP contribution is 2.31. The summed E-state index contributed by atoms with van der Waals surface area (Å²) in [6, 6.07) is 21.5. The van der Waals surface area contributed by atoms with Crippen molar-refractivity contribution in [2.75, 3.05) is 6.26 Å². The van der Waals surface area contributed by atoms with Crippen LogP contribution in [0.25, 0.3) is 17.1 Å². The number of imidazole rings is 1. The predicted octanol–water partition coefficient (Wildman–Crippen LogP) is 6.14. The van der Waals surface area contributed by atoms with Crippen molar-refractivity contribution in [1.29, 1.82) is 0 Å². The second-order valence-electron chi connectivity index (χ2n) is 7.38. The summed E-state index contributed by atoms with van der Waals surface area (Å²) in [5, 5.41) is 0.993. The van der Waals surface area contributed by atoms with E-state index in [1.807, 2.05) is 43.3 Å². The van der Waals surface area contributed by atoms with Crippen LogP contribution in [-0.4, -0.2) is 24.2 Å². The molecule has 0 N–H and O–H groups in total. The van der Waals surface area contributed by atoms with Crippen molar-refractivity contribution in [1.82, 2.24) is 9.55 Å². The third-order valence-electron chi connectivity index (χ3n) is 4.91. The predicted molar refractivity (Wildman–Crippen MR) is 128 cm³/mol. The van der Waals surface area contributed by atoms with Crippen LogP contribution in [0.2, 0.25) is 10.2 Å². The summed E-state index contributed by atoms with van der Waals surface area (Å²) in [4.78, 5) is 4.96. The van der Waals surface area contributed by atoms with Crippen molar-refractivity contribution in [3.8, 4) is 22.8 Å². The standard InChI is InChI=1S/C24H20Cl2N2O3S/c1-16-3-11-20(12-4-16)31-15-22-23(26)28(19-9-13-21(14-10-19)32(2,29)30)24(27-22)17-5-7-18(25)8-6-17/h3-14H,15H2,1-2H3. The van der Waals surface area contributed by atoms with Gasteiger partial charge < -0.3 is 4.74 Å². The van der Waals surface area contributed by atoms with E-state index in [4.69, 9.17) is 32.9 Å². The largest absolute Gasteiger partial charge is 0.487 e. The number of rotatable bonds is 6. The van der Waals surface area contributed by atoms with Crippen LogP contribution in [0.1, 0.15) is 11.3 Å². The summed E-state index contributed by atoms with van der Waals surface area (Å²) in [6.45, 7) is 2.19. The van der Waals surface area contributed by atoms with Crippen LogP contribution < -0.4 is 4.74 Å². The number of aromatic nitrogens is 2. The molecule has 4 rings (SSSR count). The first-order valence-electron chi connectivity index (χ1n) is 9.75. The van der Waals surface area contributed by atoms with Crippen LogP contribution >= 0.6 is 23.2 Å². The smallest absolute Gasteiger partial charge is 0.175 e. The minimum Gasteiger partial charge on any atom is -0.487 e. The Kier molecular flexibility index (Phi) is 6.29. The monoisotopic (exact) mass is 486 g/mol. The van der Waals surface area contributed by atoms with Crippen LogP contribution in [0, 0.1) is 6.92 Å². The fraction of sp³-hybridized carbons (Fsp3) is 0.125. The van der Waals surface area contributed by atoms with Gasteiger partial charge in [0.2, 0.25) is 0 Å². The SMILES string of the molecule is Cc1ccc(OCc2nc(-c3ccc(Cl)cc3)n(-c3ccc(S(C)(=O)=O)cc3)c2Cl)cc1. The summed E-state index contributed by atoms with van der Waals surface area (Å²) in [6.07, 6.45) is 1.17. The third kappa shape index (κ3) is 4.83. The molecule has 0 aliphatic heterocycles. The molecule has 0 saturated carbocycles. The van der Waals surface area contributed by atoms with Crippen molar-refractivity contribution in [3.63, 3.8) is 0 Å². The van der Waals surface area contributed by atoms with Crippen molar-refractivity contribution < 1.29 is 13.2 Å². The molecule has 0 saturated heterocycles. The topological polar surface area (TPSA) is 61.2 Å². The van der Waals surface area contributed by atoms with Gasteiger partial charge in [-0.05, 0) is 67.6 Å². The number of hydrogen-bond acceptors (Lipinski definition) is 4. The summed E-state index contributed by atoms with van der Waals surface area (Å²) >= 11 is 12.8. The molecule has 1 aromatic heterocycles. The number of halogens is 2. The van der Waals surface area contributed by atoms with Crippen molar-refractivity contribution in [3.05, 3.63) is 94.2 Å². The lowest BCUT2D eigenvalue weighted by Gasteiger charge is -2.10. The third-order valence-corrected chi connectivity index (χ3v) is 6.68. The Balaban J connectivity index is 1.76. The minimum absolute atomic E-state index is 0.177. The van der Waals surface area contributed by atoms with E-state index in [1.54, 1.807) is 41.0 Å². The van der Waals surface area contributed by atoms with Gasteiger partial charge in [0, 0.05) is 22.5 Å². The number of nitrogens with zero attached hydrogens (tertiary/aromatic N) is 2. The molecular weight excluding hydrogens is 467 g/mol. The molecule has 8 heteroatoms. The van der Waals surface area contributed by atoms with E-state index in [1.165, 1.54) is 6.26 Å². The van der Waals surface area contributed by atoms with Crippen molar-refractivity contribution in [2.24, 2.45) is 0 Å². The Labute approximate surface area is 197 Å². The van der Waals surface area contributed by atoms with Crippen LogP contribution in [0.3, 0.4) is 0 Å². The number of sulfone groups is 1. The van der Waals surface area contributed by atoms with Gasteiger partial charge in [0.15, 0.2) is 9.84 Å². The van der Waals surface area contributed by atoms with Gasteiger partial charge in [-0.2, -0.15) is 0 Å². The molecule has 0 amide bonds. The molecule has 0 aliphatic rings. The zero-order valence-corrected chi connectivity index (χ0v) is 19.7. The number of aryl methyl sites for hydroxylation is 1. The van der Waals surface area contributed by atoms with E-state index in [2.05, 4.69) is 0 Å². The normalized spacial score (nSPS) is 11.5. The van der Waals surface area contributed by atoms with E-state index in [0.717, 1.165) is 11.1 Å². The molecule has 0 aliphatic carbocycles. The second kappa shape index (κ2) is 8.98. The van der Waals surface area contributed by atoms with Gasteiger partial charge in [-0.25, -0.2) is 13.4 Å².